The number of fused-ring (bicyclic) bond motifs is 2. The van der Waals surface area contributed by atoms with Gasteiger partial charge >= 0.3 is 0 Å². The molecule has 3 N–H and O–H groups in total. The Labute approximate surface area is 217 Å². The highest BCUT2D eigenvalue weighted by Crippen LogP contribution is 2.41. The lowest BCUT2D eigenvalue weighted by molar-refractivity contribution is 0.0489. The number of methoxy groups -OCH3 is 1. The smallest absolute Gasteiger partial charge is 0.251 e. The fraction of sp³-hybridized carbons (Fsp3) is 0.286. The first-order valence-electron chi connectivity index (χ1n) is 12.1. The largest absolute Gasteiger partial charge is 0.493 e. The maximum Gasteiger partial charge on any atom is 0.251 e. The number of rotatable bonds is 9. The van der Waals surface area contributed by atoms with Crippen molar-refractivity contribution < 1.29 is 32.9 Å². The van der Waals surface area contributed by atoms with Gasteiger partial charge in [-0.1, -0.05) is 12.1 Å². The first-order valence-corrected chi connectivity index (χ1v) is 12.1. The molecule has 0 saturated heterocycles. The average molecular weight is 524 g/mol. The molecule has 1 amide bonds. The quantitative estimate of drug-likeness (QED) is 0.302. The van der Waals surface area contributed by atoms with E-state index in [0.29, 0.717) is 52.4 Å². The van der Waals surface area contributed by atoms with Gasteiger partial charge in [0.15, 0.2) is 11.5 Å². The molecular formula is C28H27F2N3O5. The molecule has 0 aliphatic carbocycles. The number of aromatic amines is 1. The number of aliphatic hydroxyl groups is 1. The van der Waals surface area contributed by atoms with E-state index in [1.165, 1.54) is 31.4 Å². The number of benzene rings is 2. The second-order valence-electron chi connectivity index (χ2n) is 9.17. The third-order valence-electron chi connectivity index (χ3n) is 6.49. The zero-order valence-electron chi connectivity index (χ0n) is 20.9. The molecule has 198 valence electrons. The molecule has 8 nitrogen and oxygen atoms in total. The van der Waals surface area contributed by atoms with Crippen molar-refractivity contribution in [1.29, 1.82) is 0 Å². The van der Waals surface area contributed by atoms with E-state index < -0.39 is 18.2 Å². The lowest BCUT2D eigenvalue weighted by Gasteiger charge is -2.25. The number of nitrogens with one attached hydrogen (secondary N) is 2. The van der Waals surface area contributed by atoms with Gasteiger partial charge in [-0.2, -0.15) is 0 Å². The van der Waals surface area contributed by atoms with Crippen molar-refractivity contribution in [1.82, 2.24) is 15.3 Å². The van der Waals surface area contributed by atoms with Gasteiger partial charge in [0, 0.05) is 34.7 Å². The number of hydrogen-bond donors (Lipinski definition) is 3. The van der Waals surface area contributed by atoms with Crippen molar-refractivity contribution in [2.75, 3.05) is 33.5 Å². The summed E-state index contributed by atoms with van der Waals surface area (Å²) in [7, 11) is 1.42. The minimum Gasteiger partial charge on any atom is -0.493 e. The summed E-state index contributed by atoms with van der Waals surface area (Å²) in [5.74, 6) is 0.384. The Balaban J connectivity index is 1.41. The number of alkyl halides is 1. The number of para-hydroxylation sites is 1. The molecule has 0 fully saturated rings. The summed E-state index contributed by atoms with van der Waals surface area (Å²) in [4.78, 5) is 20.6. The van der Waals surface area contributed by atoms with Crippen molar-refractivity contribution in [2.24, 2.45) is 0 Å². The van der Waals surface area contributed by atoms with Crippen LogP contribution in [0.4, 0.5) is 8.78 Å². The summed E-state index contributed by atoms with van der Waals surface area (Å²) < 4.78 is 43.1. The minimum absolute atomic E-state index is 0.126. The fourth-order valence-electron chi connectivity index (χ4n) is 4.49. The molecular weight excluding hydrogens is 496 g/mol. The summed E-state index contributed by atoms with van der Waals surface area (Å²) in [6.07, 6.45) is 2.31. The van der Waals surface area contributed by atoms with Crippen LogP contribution in [0.15, 0.2) is 48.7 Å². The van der Waals surface area contributed by atoms with E-state index in [4.69, 9.17) is 19.2 Å². The van der Waals surface area contributed by atoms with E-state index >= 15 is 0 Å². The van der Waals surface area contributed by atoms with E-state index in [2.05, 4.69) is 10.3 Å². The van der Waals surface area contributed by atoms with Gasteiger partial charge < -0.3 is 29.6 Å². The van der Waals surface area contributed by atoms with Crippen LogP contribution >= 0.6 is 0 Å². The molecule has 2 aromatic heterocycles. The van der Waals surface area contributed by atoms with Crippen LogP contribution in [0.3, 0.4) is 0 Å². The van der Waals surface area contributed by atoms with Crippen LogP contribution in [0.5, 0.6) is 17.2 Å². The second-order valence-corrected chi connectivity index (χ2v) is 9.17. The zero-order chi connectivity index (χ0) is 26.9. The number of pyridine rings is 1. The number of ether oxygens (including phenoxy) is 3. The van der Waals surface area contributed by atoms with E-state index in [1.807, 2.05) is 0 Å². The van der Waals surface area contributed by atoms with Crippen LogP contribution in [-0.4, -0.2) is 54.5 Å². The van der Waals surface area contributed by atoms with Gasteiger partial charge in [-0.3, -0.25) is 4.79 Å². The number of amides is 1. The molecule has 38 heavy (non-hydrogen) atoms. The van der Waals surface area contributed by atoms with Gasteiger partial charge in [0.25, 0.3) is 5.91 Å². The van der Waals surface area contributed by atoms with Gasteiger partial charge in [-0.15, -0.1) is 0 Å². The lowest BCUT2D eigenvalue weighted by Crippen LogP contribution is -2.39. The molecule has 3 heterocycles. The van der Waals surface area contributed by atoms with Gasteiger partial charge in [0.2, 0.25) is 0 Å². The van der Waals surface area contributed by atoms with Crippen LogP contribution in [0, 0.1) is 5.82 Å². The van der Waals surface area contributed by atoms with Gasteiger partial charge in [0.1, 0.15) is 36.1 Å². The van der Waals surface area contributed by atoms with Crippen molar-refractivity contribution in [3.05, 3.63) is 71.3 Å². The van der Waals surface area contributed by atoms with Crippen LogP contribution < -0.4 is 19.5 Å². The van der Waals surface area contributed by atoms with Crippen LogP contribution in [-0.2, 0) is 12.0 Å². The fourth-order valence-corrected chi connectivity index (χ4v) is 4.49. The summed E-state index contributed by atoms with van der Waals surface area (Å²) in [5, 5.41) is 14.8. The highest BCUT2D eigenvalue weighted by molar-refractivity contribution is 5.97. The van der Waals surface area contributed by atoms with Crippen LogP contribution in [0.1, 0.15) is 28.5 Å². The first-order chi connectivity index (χ1) is 18.3. The monoisotopic (exact) mass is 523 g/mol. The van der Waals surface area contributed by atoms with Crippen LogP contribution in [0.25, 0.3) is 22.2 Å². The number of carbonyl (C=O) groups is 1. The molecule has 0 spiro atoms. The minimum atomic E-state index is -1.53. The summed E-state index contributed by atoms with van der Waals surface area (Å²) in [5.41, 5.74) is 1.46. The number of aromatic nitrogens is 2. The Morgan fingerprint density at radius 3 is 2.89 bits per heavy atom. The molecule has 1 atom stereocenters. The summed E-state index contributed by atoms with van der Waals surface area (Å²) >= 11 is 0. The van der Waals surface area contributed by atoms with E-state index in [0.717, 1.165) is 5.56 Å². The third kappa shape index (κ3) is 4.74. The third-order valence-corrected chi connectivity index (χ3v) is 6.49. The van der Waals surface area contributed by atoms with Gasteiger partial charge in [-0.05, 0) is 37.3 Å². The SMILES string of the molecule is COc1cc(C(=O)NCC(C)(O)c2cc3c(c(-c4c[nH]c5c(F)cccc45)n2)OCC3)ccc1OCCF. The standard InChI is InChI=1S/C28H27F2N3O5/c1-28(35,15-32-27(34)17-6-7-21(37-11-9-29)22(12-17)36-2)23-13-16-8-10-38-26(16)25(33-23)19-14-31-24-18(19)4-3-5-20(24)30/h3-7,12-14,31,35H,8-11,15H2,1-2H3,(H,32,34). The summed E-state index contributed by atoms with van der Waals surface area (Å²) in [6.45, 7) is 1.12. The number of hydrogen-bond acceptors (Lipinski definition) is 6. The predicted octanol–water partition coefficient (Wildman–Crippen LogP) is 4.30. The van der Waals surface area contributed by atoms with Crippen molar-refractivity contribution in [3.8, 4) is 28.5 Å². The molecule has 5 rings (SSSR count). The summed E-state index contributed by atoms with van der Waals surface area (Å²) in [6, 6.07) is 11.1. The molecule has 0 radical (unpaired) electrons. The molecule has 4 aromatic rings. The Kier molecular flexibility index (Phi) is 6.90. The van der Waals surface area contributed by atoms with E-state index in [1.54, 1.807) is 31.3 Å². The van der Waals surface area contributed by atoms with Crippen LogP contribution in [0.2, 0.25) is 0 Å². The molecule has 1 aliphatic heterocycles. The highest BCUT2D eigenvalue weighted by atomic mass is 19.1. The topological polar surface area (TPSA) is 106 Å². The Hall–Kier alpha value is -4.18. The molecule has 1 unspecified atom stereocenters. The predicted molar refractivity (Wildman–Crippen MR) is 137 cm³/mol. The van der Waals surface area contributed by atoms with Gasteiger partial charge in [0.05, 0.1) is 31.5 Å². The van der Waals surface area contributed by atoms with Crippen molar-refractivity contribution >= 4 is 16.8 Å². The number of H-pyrrole nitrogens is 1. The van der Waals surface area contributed by atoms with Crippen molar-refractivity contribution in [3.63, 3.8) is 0 Å². The maximum atomic E-state index is 14.3. The zero-order valence-corrected chi connectivity index (χ0v) is 20.9. The van der Waals surface area contributed by atoms with E-state index in [9.17, 15) is 18.7 Å². The first kappa shape index (κ1) is 25.5. The number of nitrogens with zero attached hydrogens (tertiary/aromatic N) is 1. The van der Waals surface area contributed by atoms with E-state index in [-0.39, 0.29) is 30.3 Å². The number of carbonyl (C=O) groups excluding carboxylic acids is 1. The van der Waals surface area contributed by atoms with Gasteiger partial charge in [-0.25, -0.2) is 13.8 Å². The Morgan fingerprint density at radius 1 is 1.26 bits per heavy atom. The maximum absolute atomic E-state index is 14.3. The Morgan fingerprint density at radius 2 is 2.11 bits per heavy atom. The normalized spacial score (nSPS) is 14.0. The Bertz CT molecular complexity index is 1500. The molecule has 0 bridgehead atoms. The number of halogens is 2. The lowest BCUT2D eigenvalue weighted by atomic mass is 9.97. The average Bonchev–Trinajstić information content (AvgIpc) is 3.58. The molecule has 2 aromatic carbocycles. The molecule has 0 saturated carbocycles. The highest BCUT2D eigenvalue weighted by Gasteiger charge is 2.31. The molecule has 1 aliphatic rings. The molecule has 10 heteroatoms. The van der Waals surface area contributed by atoms with Crippen molar-refractivity contribution in [2.45, 2.75) is 18.9 Å². The second kappa shape index (κ2) is 10.3.